The van der Waals surface area contributed by atoms with E-state index in [0.29, 0.717) is 44.3 Å². The topological polar surface area (TPSA) is 80.8 Å². The van der Waals surface area contributed by atoms with Crippen LogP contribution >= 0.6 is 0 Å². The van der Waals surface area contributed by atoms with Gasteiger partial charge >= 0.3 is 0 Å². The Labute approximate surface area is 147 Å². The lowest BCUT2D eigenvalue weighted by molar-refractivity contribution is -0.169. The van der Waals surface area contributed by atoms with Crippen LogP contribution in [0.25, 0.3) is 0 Å². The third-order valence-corrected chi connectivity index (χ3v) is 5.00. The van der Waals surface area contributed by atoms with Gasteiger partial charge in [-0.1, -0.05) is 0 Å². The van der Waals surface area contributed by atoms with E-state index in [-0.39, 0.29) is 24.0 Å². The van der Waals surface area contributed by atoms with Crippen molar-refractivity contribution in [1.82, 2.24) is 15.2 Å². The van der Waals surface area contributed by atoms with Crippen molar-refractivity contribution in [3.05, 3.63) is 30.1 Å². The molecule has 25 heavy (non-hydrogen) atoms. The molecule has 0 unspecified atom stereocenters. The van der Waals surface area contributed by atoms with E-state index in [2.05, 4.69) is 10.3 Å². The number of ether oxygens (including phenoxy) is 2. The number of nitrogens with zero attached hydrogens (tertiary/aromatic N) is 2. The Kier molecular flexibility index (Phi) is 5.65. The zero-order valence-corrected chi connectivity index (χ0v) is 14.6. The molecule has 3 rings (SSSR count). The summed E-state index contributed by atoms with van der Waals surface area (Å²) in [5.41, 5.74) is 0.331. The number of carbonyl (C=O) groups is 2. The van der Waals surface area contributed by atoms with E-state index >= 15 is 0 Å². The van der Waals surface area contributed by atoms with Crippen LogP contribution in [0.1, 0.15) is 30.1 Å². The van der Waals surface area contributed by atoms with E-state index in [0.717, 1.165) is 12.8 Å². The summed E-state index contributed by atoms with van der Waals surface area (Å²) in [6, 6.07) is 3.49. The molecular weight excluding hydrogens is 322 g/mol. The predicted octanol–water partition coefficient (Wildman–Crippen LogP) is 0.856. The van der Waals surface area contributed by atoms with E-state index in [1.54, 1.807) is 29.4 Å². The lowest BCUT2D eigenvalue weighted by Gasteiger charge is -2.50. The minimum Gasteiger partial charge on any atom is -0.372 e. The second-order valence-electron chi connectivity index (χ2n) is 6.57. The summed E-state index contributed by atoms with van der Waals surface area (Å²) in [5.74, 6) is 0.271. The summed E-state index contributed by atoms with van der Waals surface area (Å²) < 4.78 is 11.1. The Bertz CT molecular complexity index is 602. The molecule has 2 amide bonds. The SMILES string of the molecule is CCOCC(=O)N1CC2(C1)OCC[C@H]2CCNC(=O)c1cccnc1. The second kappa shape index (κ2) is 7.93. The molecule has 0 saturated carbocycles. The minimum atomic E-state index is -0.235. The summed E-state index contributed by atoms with van der Waals surface area (Å²) >= 11 is 0. The highest BCUT2D eigenvalue weighted by molar-refractivity contribution is 5.93. The van der Waals surface area contributed by atoms with Gasteiger partial charge in [0.1, 0.15) is 12.2 Å². The number of carbonyl (C=O) groups excluding carboxylic acids is 2. The summed E-state index contributed by atoms with van der Waals surface area (Å²) in [6.07, 6.45) is 5.02. The highest BCUT2D eigenvalue weighted by Gasteiger charge is 2.53. The molecule has 2 aliphatic heterocycles. The fourth-order valence-corrected chi connectivity index (χ4v) is 3.56. The van der Waals surface area contributed by atoms with E-state index < -0.39 is 0 Å². The summed E-state index contributed by atoms with van der Waals surface area (Å²) in [5, 5.41) is 2.94. The van der Waals surface area contributed by atoms with Gasteiger partial charge < -0.3 is 19.7 Å². The molecule has 0 aliphatic carbocycles. The van der Waals surface area contributed by atoms with Crippen LogP contribution in [-0.2, 0) is 14.3 Å². The number of amides is 2. The Balaban J connectivity index is 1.44. The van der Waals surface area contributed by atoms with Gasteiger partial charge in [-0.05, 0) is 37.8 Å². The molecule has 136 valence electrons. The number of aromatic nitrogens is 1. The van der Waals surface area contributed by atoms with Gasteiger partial charge in [-0.3, -0.25) is 14.6 Å². The highest BCUT2D eigenvalue weighted by Crippen LogP contribution is 2.41. The van der Waals surface area contributed by atoms with Gasteiger partial charge in [-0.25, -0.2) is 0 Å². The molecule has 1 aromatic rings. The largest absolute Gasteiger partial charge is 0.372 e. The number of hydrogen-bond donors (Lipinski definition) is 1. The Morgan fingerprint density at radius 1 is 1.48 bits per heavy atom. The van der Waals surface area contributed by atoms with Gasteiger partial charge in [-0.2, -0.15) is 0 Å². The van der Waals surface area contributed by atoms with Crippen LogP contribution in [0.2, 0.25) is 0 Å². The third-order valence-electron chi connectivity index (χ3n) is 5.00. The van der Waals surface area contributed by atoms with Gasteiger partial charge in [0.15, 0.2) is 0 Å². The lowest BCUT2D eigenvalue weighted by Crippen LogP contribution is -2.66. The number of nitrogens with one attached hydrogen (secondary N) is 1. The smallest absolute Gasteiger partial charge is 0.252 e. The molecule has 2 aliphatic rings. The van der Waals surface area contributed by atoms with Gasteiger partial charge in [0, 0.05) is 32.2 Å². The lowest BCUT2D eigenvalue weighted by atomic mass is 9.79. The first-order valence-electron chi connectivity index (χ1n) is 8.82. The molecule has 2 saturated heterocycles. The molecule has 1 aromatic heterocycles. The Morgan fingerprint density at radius 3 is 3.04 bits per heavy atom. The highest BCUT2D eigenvalue weighted by atomic mass is 16.5. The van der Waals surface area contributed by atoms with E-state index in [1.165, 1.54) is 0 Å². The summed E-state index contributed by atoms with van der Waals surface area (Å²) in [7, 11) is 0. The number of pyridine rings is 1. The van der Waals surface area contributed by atoms with Gasteiger partial charge in [0.25, 0.3) is 5.91 Å². The first-order chi connectivity index (χ1) is 12.1. The van der Waals surface area contributed by atoms with Crippen molar-refractivity contribution in [2.75, 3.05) is 39.5 Å². The maximum absolute atomic E-state index is 12.1. The van der Waals surface area contributed by atoms with Crippen molar-refractivity contribution in [2.24, 2.45) is 5.92 Å². The molecule has 2 fully saturated rings. The van der Waals surface area contributed by atoms with Crippen molar-refractivity contribution in [3.8, 4) is 0 Å². The van der Waals surface area contributed by atoms with Crippen LogP contribution in [0, 0.1) is 5.92 Å². The maximum Gasteiger partial charge on any atom is 0.252 e. The average molecular weight is 347 g/mol. The summed E-state index contributed by atoms with van der Waals surface area (Å²) in [4.78, 5) is 29.8. The fraction of sp³-hybridized carbons (Fsp3) is 0.611. The van der Waals surface area contributed by atoms with Gasteiger partial charge in [-0.15, -0.1) is 0 Å². The molecular formula is C18H25N3O4. The molecule has 0 radical (unpaired) electrons. The first-order valence-corrected chi connectivity index (χ1v) is 8.82. The van der Waals surface area contributed by atoms with Crippen LogP contribution in [0.4, 0.5) is 0 Å². The molecule has 0 bridgehead atoms. The molecule has 1 atom stereocenters. The monoisotopic (exact) mass is 347 g/mol. The fourth-order valence-electron chi connectivity index (χ4n) is 3.56. The Hall–Kier alpha value is -1.99. The van der Waals surface area contributed by atoms with Crippen molar-refractivity contribution in [3.63, 3.8) is 0 Å². The van der Waals surface area contributed by atoms with Crippen molar-refractivity contribution in [2.45, 2.75) is 25.4 Å². The number of rotatable bonds is 7. The molecule has 0 aromatic carbocycles. The minimum absolute atomic E-state index is 0.0200. The predicted molar refractivity (Wildman–Crippen MR) is 91.1 cm³/mol. The molecule has 1 spiro atoms. The molecule has 7 heteroatoms. The summed E-state index contributed by atoms with van der Waals surface area (Å²) in [6.45, 7) is 5.12. The number of likely N-dealkylation sites (tertiary alicyclic amines) is 1. The van der Waals surface area contributed by atoms with Crippen LogP contribution < -0.4 is 5.32 Å². The molecule has 3 heterocycles. The van der Waals surface area contributed by atoms with Crippen molar-refractivity contribution in [1.29, 1.82) is 0 Å². The van der Waals surface area contributed by atoms with Crippen LogP contribution in [-0.4, -0.2) is 66.8 Å². The van der Waals surface area contributed by atoms with Crippen LogP contribution in [0.15, 0.2) is 24.5 Å². The Morgan fingerprint density at radius 2 is 2.32 bits per heavy atom. The zero-order chi connectivity index (χ0) is 17.7. The standard InChI is InChI=1S/C18H25N3O4/c1-2-24-11-16(22)21-12-18(13-21)15(6-9-25-18)5-8-20-17(23)14-4-3-7-19-10-14/h3-4,7,10,15H,2,5-6,8-9,11-13H2,1H3,(H,20,23)/t15-/m1/s1. The normalized spacial score (nSPS) is 21.2. The first kappa shape index (κ1) is 17.8. The zero-order valence-electron chi connectivity index (χ0n) is 14.6. The van der Waals surface area contributed by atoms with E-state index in [4.69, 9.17) is 9.47 Å². The molecule has 1 N–H and O–H groups in total. The van der Waals surface area contributed by atoms with Crippen molar-refractivity contribution >= 4 is 11.8 Å². The quantitative estimate of drug-likeness (QED) is 0.791. The van der Waals surface area contributed by atoms with E-state index in [9.17, 15) is 9.59 Å². The van der Waals surface area contributed by atoms with Gasteiger partial charge in [0.2, 0.25) is 5.91 Å². The molecule has 7 nitrogen and oxygen atoms in total. The maximum atomic E-state index is 12.1. The van der Waals surface area contributed by atoms with Crippen LogP contribution in [0.3, 0.4) is 0 Å². The van der Waals surface area contributed by atoms with Crippen LogP contribution in [0.5, 0.6) is 0 Å². The number of hydrogen-bond acceptors (Lipinski definition) is 5. The average Bonchev–Trinajstić information content (AvgIpc) is 3.03. The van der Waals surface area contributed by atoms with Crippen molar-refractivity contribution < 1.29 is 19.1 Å². The third kappa shape index (κ3) is 3.99. The van der Waals surface area contributed by atoms with E-state index in [1.807, 2.05) is 6.92 Å². The second-order valence-corrected chi connectivity index (χ2v) is 6.57. The van der Waals surface area contributed by atoms with Gasteiger partial charge in [0.05, 0.1) is 18.7 Å².